The average Bonchev–Trinajstić information content (AvgIpc) is 3.99. The van der Waals surface area contributed by atoms with Gasteiger partial charge in [-0.1, -0.05) is 188 Å². The molecule has 0 aliphatic heterocycles. The topological polar surface area (TPSA) is 43.6 Å². The van der Waals surface area contributed by atoms with Crippen LogP contribution in [0.4, 0.5) is 0 Å². The van der Waals surface area contributed by atoms with Crippen LogP contribution in [0.3, 0.4) is 0 Å². The first-order valence-electron chi connectivity index (χ1n) is 23.7. The van der Waals surface area contributed by atoms with Crippen molar-refractivity contribution >= 4 is 75.0 Å². The maximum absolute atomic E-state index is 5.55. The Morgan fingerprint density at radius 1 is 0.329 bits per heavy atom. The molecule has 0 radical (unpaired) electrons. The fourth-order valence-electron chi connectivity index (χ4n) is 10.5. The number of thiophene rings is 1. The summed E-state index contributed by atoms with van der Waals surface area (Å²) >= 11 is 1.87. The molecule has 0 bridgehead atoms. The van der Waals surface area contributed by atoms with Crippen LogP contribution in [0.2, 0.25) is 0 Å². The van der Waals surface area contributed by atoms with E-state index in [2.05, 4.69) is 223 Å². The largest absolute Gasteiger partial charge is 0.309 e. The molecule has 0 saturated heterocycles. The highest BCUT2D eigenvalue weighted by molar-refractivity contribution is 7.26. The second-order valence-corrected chi connectivity index (χ2v) is 18.9. The second kappa shape index (κ2) is 16.3. The SMILES string of the molecule is c1ccc(-c2ccc(-c3cc(-c4ccc(-c5cc6c(-c7ccc8c(c7)c7ccccc7n8-c7ccccc7)nc7ccccc7c6c6c5sc5ccccc56)cc4)nc(-c4ccccc4)n3)cc2)cc1. The van der Waals surface area contributed by atoms with Crippen molar-refractivity contribution in [2.24, 2.45) is 0 Å². The van der Waals surface area contributed by atoms with Gasteiger partial charge in [-0.05, 0) is 71.3 Å². The summed E-state index contributed by atoms with van der Waals surface area (Å²) in [5.74, 6) is 0.695. The third kappa shape index (κ3) is 6.62. The molecule has 0 aliphatic rings. The first-order chi connectivity index (χ1) is 34.7. The van der Waals surface area contributed by atoms with Crippen molar-refractivity contribution in [1.29, 1.82) is 0 Å². The van der Waals surface area contributed by atoms with Gasteiger partial charge in [0.05, 0.1) is 33.6 Å². The lowest BCUT2D eigenvalue weighted by atomic mass is 9.91. The molecule has 326 valence electrons. The van der Waals surface area contributed by atoms with Crippen LogP contribution in [0.15, 0.2) is 243 Å². The Bertz CT molecular complexity index is 4310. The molecule has 0 spiro atoms. The predicted molar refractivity (Wildman–Crippen MR) is 295 cm³/mol. The second-order valence-electron chi connectivity index (χ2n) is 17.9. The summed E-state index contributed by atoms with van der Waals surface area (Å²) in [6, 6.07) is 86.7. The third-order valence-electron chi connectivity index (χ3n) is 13.8. The van der Waals surface area contributed by atoms with Crippen LogP contribution in [0.25, 0.3) is 137 Å². The van der Waals surface area contributed by atoms with Crippen LogP contribution in [0, 0.1) is 0 Å². The van der Waals surface area contributed by atoms with Crippen molar-refractivity contribution in [2.45, 2.75) is 0 Å². The van der Waals surface area contributed by atoms with Crippen molar-refractivity contribution in [3.63, 3.8) is 0 Å². The zero-order chi connectivity index (χ0) is 46.1. The van der Waals surface area contributed by atoms with Gasteiger partial charge in [0.1, 0.15) is 0 Å². The molecule has 4 heterocycles. The number of para-hydroxylation sites is 3. The van der Waals surface area contributed by atoms with Crippen LogP contribution >= 0.6 is 11.3 Å². The van der Waals surface area contributed by atoms with Crippen LogP contribution in [0.5, 0.6) is 0 Å². The quantitative estimate of drug-likeness (QED) is 0.150. The molecule has 0 amide bonds. The Morgan fingerprint density at radius 2 is 0.871 bits per heavy atom. The van der Waals surface area contributed by atoms with E-state index in [1.165, 1.54) is 64.1 Å². The number of hydrogen-bond acceptors (Lipinski definition) is 4. The Balaban J connectivity index is 0.953. The van der Waals surface area contributed by atoms with E-state index < -0.39 is 0 Å². The highest BCUT2D eigenvalue weighted by Crippen LogP contribution is 2.48. The number of nitrogens with zero attached hydrogens (tertiary/aromatic N) is 4. The van der Waals surface area contributed by atoms with Crippen LogP contribution in [-0.2, 0) is 0 Å². The first-order valence-corrected chi connectivity index (χ1v) is 24.5. The lowest BCUT2D eigenvalue weighted by molar-refractivity contribution is 1.18. The van der Waals surface area contributed by atoms with Crippen LogP contribution in [-0.4, -0.2) is 19.5 Å². The van der Waals surface area contributed by atoms with E-state index in [9.17, 15) is 0 Å². The lowest BCUT2D eigenvalue weighted by Gasteiger charge is -2.15. The van der Waals surface area contributed by atoms with Gasteiger partial charge >= 0.3 is 0 Å². The van der Waals surface area contributed by atoms with E-state index in [4.69, 9.17) is 15.0 Å². The van der Waals surface area contributed by atoms with Gasteiger partial charge in [0.2, 0.25) is 0 Å². The standard InChI is InChI=1S/C65H40N4S/c1-4-16-41(17-5-1)42-28-32-44(33-29-42)56-40-57(68-65(67-56)46-18-6-2-7-19-46)45-34-30-43(31-35-45)52-39-54-61(62-51-24-12-15-27-60(51)70-64(52)62)50-23-10-13-25-55(50)66-63(54)47-36-37-59-53(38-47)49-22-11-14-26-58(49)69(59)48-20-8-3-9-21-48/h1-40H. The predicted octanol–water partition coefficient (Wildman–Crippen LogP) is 17.6. The summed E-state index contributed by atoms with van der Waals surface area (Å²) in [5.41, 5.74) is 16.0. The molecular weight excluding hydrogens is 869 g/mol. The molecular formula is C65H40N4S. The van der Waals surface area contributed by atoms with E-state index in [1.807, 2.05) is 35.6 Å². The Morgan fingerprint density at radius 3 is 1.60 bits per heavy atom. The van der Waals surface area contributed by atoms with Crippen molar-refractivity contribution in [3.8, 4) is 73.1 Å². The number of rotatable bonds is 7. The monoisotopic (exact) mass is 908 g/mol. The van der Waals surface area contributed by atoms with Gasteiger partial charge in [-0.2, -0.15) is 0 Å². The van der Waals surface area contributed by atoms with Crippen LogP contribution in [0.1, 0.15) is 0 Å². The van der Waals surface area contributed by atoms with Gasteiger partial charge in [-0.3, -0.25) is 0 Å². The molecule has 0 N–H and O–H groups in total. The lowest BCUT2D eigenvalue weighted by Crippen LogP contribution is -1.96. The first kappa shape index (κ1) is 40.1. The molecule has 4 nitrogen and oxygen atoms in total. The number of fused-ring (bicyclic) bond motifs is 10. The molecule has 0 saturated carbocycles. The van der Waals surface area contributed by atoms with Gasteiger partial charge in [-0.25, -0.2) is 15.0 Å². The van der Waals surface area contributed by atoms with Gasteiger partial charge in [0, 0.05) is 80.6 Å². The molecule has 4 aromatic heterocycles. The normalized spacial score (nSPS) is 11.7. The van der Waals surface area contributed by atoms with Crippen molar-refractivity contribution in [3.05, 3.63) is 243 Å². The molecule has 0 atom stereocenters. The highest BCUT2D eigenvalue weighted by Gasteiger charge is 2.22. The molecule has 0 aliphatic carbocycles. The molecule has 14 rings (SSSR count). The van der Waals surface area contributed by atoms with Gasteiger partial charge in [0.15, 0.2) is 5.82 Å². The smallest absolute Gasteiger partial charge is 0.160 e. The number of benzene rings is 10. The third-order valence-corrected chi connectivity index (χ3v) is 15.0. The minimum absolute atomic E-state index is 0.695. The van der Waals surface area contributed by atoms with E-state index >= 15 is 0 Å². The molecule has 5 heteroatoms. The number of pyridine rings is 1. The summed E-state index contributed by atoms with van der Waals surface area (Å²) in [6.07, 6.45) is 0. The zero-order valence-corrected chi connectivity index (χ0v) is 38.6. The van der Waals surface area contributed by atoms with Gasteiger partial charge in [-0.15, -0.1) is 11.3 Å². The summed E-state index contributed by atoms with van der Waals surface area (Å²) < 4.78 is 4.90. The van der Waals surface area contributed by atoms with Crippen molar-refractivity contribution in [2.75, 3.05) is 0 Å². The Kier molecular flexibility index (Phi) is 9.36. The van der Waals surface area contributed by atoms with Crippen LogP contribution < -0.4 is 0 Å². The highest BCUT2D eigenvalue weighted by atomic mass is 32.1. The summed E-state index contributed by atoms with van der Waals surface area (Å²) in [4.78, 5) is 15.9. The zero-order valence-electron chi connectivity index (χ0n) is 37.8. The fraction of sp³-hybridized carbons (Fsp3) is 0. The summed E-state index contributed by atoms with van der Waals surface area (Å²) in [5, 5.41) is 8.46. The Labute approximate surface area is 408 Å². The fourth-order valence-corrected chi connectivity index (χ4v) is 11.7. The molecule has 0 unspecified atom stereocenters. The van der Waals surface area contributed by atoms with E-state index in [0.717, 1.165) is 66.9 Å². The molecule has 70 heavy (non-hydrogen) atoms. The van der Waals surface area contributed by atoms with E-state index in [-0.39, 0.29) is 0 Å². The number of aromatic nitrogens is 4. The molecule has 14 aromatic rings. The maximum atomic E-state index is 5.55. The minimum atomic E-state index is 0.695. The van der Waals surface area contributed by atoms with Gasteiger partial charge < -0.3 is 4.57 Å². The maximum Gasteiger partial charge on any atom is 0.160 e. The summed E-state index contributed by atoms with van der Waals surface area (Å²) in [6.45, 7) is 0. The number of hydrogen-bond donors (Lipinski definition) is 0. The molecule has 10 aromatic carbocycles. The average molecular weight is 909 g/mol. The Hall–Kier alpha value is -9.03. The summed E-state index contributed by atoms with van der Waals surface area (Å²) in [7, 11) is 0. The van der Waals surface area contributed by atoms with Crippen molar-refractivity contribution < 1.29 is 0 Å². The van der Waals surface area contributed by atoms with Crippen molar-refractivity contribution in [1.82, 2.24) is 19.5 Å². The van der Waals surface area contributed by atoms with E-state index in [1.54, 1.807) is 0 Å². The van der Waals surface area contributed by atoms with E-state index in [0.29, 0.717) is 5.82 Å². The minimum Gasteiger partial charge on any atom is -0.309 e. The van der Waals surface area contributed by atoms with Gasteiger partial charge in [0.25, 0.3) is 0 Å². The molecule has 0 fully saturated rings.